The van der Waals surface area contributed by atoms with E-state index in [4.69, 9.17) is 11.6 Å². The molecule has 0 spiro atoms. The van der Waals surface area contributed by atoms with Crippen molar-refractivity contribution in [2.45, 2.75) is 33.2 Å². The lowest BCUT2D eigenvalue weighted by molar-refractivity contribution is 0.667. The molecule has 0 radical (unpaired) electrons. The summed E-state index contributed by atoms with van der Waals surface area (Å²) in [6, 6.07) is 2.07. The third-order valence-electron chi connectivity index (χ3n) is 3.33. The van der Waals surface area contributed by atoms with Gasteiger partial charge in [0.25, 0.3) is 0 Å². The summed E-state index contributed by atoms with van der Waals surface area (Å²) in [5, 5.41) is 3.24. The quantitative estimate of drug-likeness (QED) is 0.675. The highest BCUT2D eigenvalue weighted by Gasteiger charge is 2.12. The number of hydrogen-bond donors (Lipinski definition) is 0. The van der Waals surface area contributed by atoms with Gasteiger partial charge in [0.1, 0.15) is 11.3 Å². The fourth-order valence-corrected chi connectivity index (χ4v) is 3.33. The largest absolute Gasteiger partial charge is 0.312 e. The molecule has 0 aliphatic rings. The van der Waals surface area contributed by atoms with Crippen molar-refractivity contribution in [1.82, 2.24) is 19.5 Å². The van der Waals surface area contributed by atoms with Crippen molar-refractivity contribution in [3.05, 3.63) is 39.7 Å². The highest BCUT2D eigenvalue weighted by Crippen LogP contribution is 2.18. The molecule has 0 saturated heterocycles. The molecule has 0 bridgehead atoms. The maximum atomic E-state index is 5.90. The van der Waals surface area contributed by atoms with Crippen LogP contribution in [0, 0.1) is 13.8 Å². The van der Waals surface area contributed by atoms with Gasteiger partial charge in [0, 0.05) is 42.5 Å². The maximum Gasteiger partial charge on any atom is 0.160 e. The van der Waals surface area contributed by atoms with Gasteiger partial charge in [0.05, 0.1) is 5.01 Å². The van der Waals surface area contributed by atoms with Gasteiger partial charge < -0.3 is 4.57 Å². The minimum Gasteiger partial charge on any atom is -0.312 e. The zero-order chi connectivity index (χ0) is 14.8. The van der Waals surface area contributed by atoms with Gasteiger partial charge in [-0.25, -0.2) is 15.0 Å². The minimum absolute atomic E-state index is 0.568. The molecule has 0 saturated carbocycles. The molecule has 4 nitrogen and oxygen atoms in total. The zero-order valence-electron chi connectivity index (χ0n) is 12.1. The summed E-state index contributed by atoms with van der Waals surface area (Å²) in [4.78, 5) is 13.7. The molecule has 3 aromatic rings. The van der Waals surface area contributed by atoms with E-state index in [2.05, 4.69) is 31.0 Å². The summed E-state index contributed by atoms with van der Waals surface area (Å²) in [7, 11) is 0. The van der Waals surface area contributed by atoms with Crippen molar-refractivity contribution in [1.29, 1.82) is 0 Å². The summed E-state index contributed by atoms with van der Waals surface area (Å²) in [5.74, 6) is 1.57. The Morgan fingerprint density at radius 3 is 2.81 bits per heavy atom. The molecule has 0 unspecified atom stereocenters. The normalized spacial score (nSPS) is 11.4. The Kier molecular flexibility index (Phi) is 4.22. The number of hydrogen-bond acceptors (Lipinski definition) is 4. The number of aryl methyl sites for hydroxylation is 5. The van der Waals surface area contributed by atoms with Crippen LogP contribution in [0.4, 0.5) is 0 Å². The smallest absolute Gasteiger partial charge is 0.160 e. The van der Waals surface area contributed by atoms with Crippen LogP contribution in [0.3, 0.4) is 0 Å². The molecule has 110 valence electrons. The van der Waals surface area contributed by atoms with E-state index >= 15 is 0 Å². The molecule has 0 aliphatic carbocycles. The van der Waals surface area contributed by atoms with Crippen LogP contribution in [-0.4, -0.2) is 25.4 Å². The fourth-order valence-electron chi connectivity index (χ4n) is 2.39. The van der Waals surface area contributed by atoms with E-state index in [9.17, 15) is 0 Å². The van der Waals surface area contributed by atoms with E-state index in [-0.39, 0.29) is 0 Å². The Morgan fingerprint density at radius 1 is 1.24 bits per heavy atom. The first-order chi connectivity index (χ1) is 10.2. The molecule has 0 aromatic carbocycles. The monoisotopic (exact) mass is 320 g/mol. The molecule has 0 amide bonds. The van der Waals surface area contributed by atoms with Gasteiger partial charge in [-0.1, -0.05) is 0 Å². The molecule has 3 heterocycles. The van der Waals surface area contributed by atoms with Gasteiger partial charge in [-0.2, -0.15) is 0 Å². The predicted molar refractivity (Wildman–Crippen MR) is 87.2 cm³/mol. The lowest BCUT2D eigenvalue weighted by atomic mass is 10.3. The van der Waals surface area contributed by atoms with E-state index in [0.29, 0.717) is 5.88 Å². The van der Waals surface area contributed by atoms with Crippen molar-refractivity contribution < 1.29 is 0 Å². The summed E-state index contributed by atoms with van der Waals surface area (Å²) in [6.45, 7) is 4.90. The standard InChI is InChI=1S/C15H17ClN4S/c1-10-7-12-15(17-8-10)20(13(19-12)3-5-16)6-4-14-18-11(2)9-21-14/h7-9H,3-6H2,1-2H3. The zero-order valence-corrected chi connectivity index (χ0v) is 13.7. The molecule has 6 heteroatoms. The van der Waals surface area contributed by atoms with Crippen LogP contribution in [-0.2, 0) is 19.4 Å². The lowest BCUT2D eigenvalue weighted by Gasteiger charge is -2.06. The van der Waals surface area contributed by atoms with Crippen LogP contribution in [0.1, 0.15) is 22.1 Å². The maximum absolute atomic E-state index is 5.90. The number of imidazole rings is 1. The van der Waals surface area contributed by atoms with Crippen molar-refractivity contribution >= 4 is 34.1 Å². The number of pyridine rings is 1. The molecule has 0 fully saturated rings. The van der Waals surface area contributed by atoms with Gasteiger partial charge in [0.15, 0.2) is 5.65 Å². The van der Waals surface area contributed by atoms with Crippen LogP contribution in [0.25, 0.3) is 11.2 Å². The second kappa shape index (κ2) is 6.12. The summed E-state index contributed by atoms with van der Waals surface area (Å²) in [5.41, 5.74) is 4.10. The first kappa shape index (κ1) is 14.5. The molecule has 0 N–H and O–H groups in total. The van der Waals surface area contributed by atoms with Crippen LogP contribution < -0.4 is 0 Å². The summed E-state index contributed by atoms with van der Waals surface area (Å²) in [6.07, 6.45) is 3.54. The summed E-state index contributed by atoms with van der Waals surface area (Å²) < 4.78 is 2.17. The molecule has 0 aliphatic heterocycles. The minimum atomic E-state index is 0.568. The van der Waals surface area contributed by atoms with Crippen molar-refractivity contribution in [3.8, 4) is 0 Å². The average Bonchev–Trinajstić information content (AvgIpc) is 3.00. The van der Waals surface area contributed by atoms with Crippen LogP contribution in [0.5, 0.6) is 0 Å². The van der Waals surface area contributed by atoms with Crippen molar-refractivity contribution in [2.75, 3.05) is 5.88 Å². The first-order valence-electron chi connectivity index (χ1n) is 6.96. The van der Waals surface area contributed by atoms with Gasteiger partial charge in [-0.15, -0.1) is 22.9 Å². The number of fused-ring (bicyclic) bond motifs is 1. The van der Waals surface area contributed by atoms with Crippen LogP contribution >= 0.6 is 22.9 Å². The Balaban J connectivity index is 1.92. The SMILES string of the molecule is Cc1cnc2c(c1)nc(CCCl)n2CCc1nc(C)cs1. The van der Waals surface area contributed by atoms with Crippen molar-refractivity contribution in [2.24, 2.45) is 0 Å². The van der Waals surface area contributed by atoms with Crippen LogP contribution in [0.15, 0.2) is 17.6 Å². The Bertz CT molecular complexity index is 762. The van der Waals surface area contributed by atoms with E-state index in [1.54, 1.807) is 11.3 Å². The number of alkyl halides is 1. The van der Waals surface area contributed by atoms with Gasteiger partial charge >= 0.3 is 0 Å². The topological polar surface area (TPSA) is 43.6 Å². The number of nitrogens with zero attached hydrogens (tertiary/aromatic N) is 4. The van der Waals surface area contributed by atoms with Gasteiger partial charge in [0.2, 0.25) is 0 Å². The van der Waals surface area contributed by atoms with E-state index in [1.807, 2.05) is 20.0 Å². The van der Waals surface area contributed by atoms with E-state index in [0.717, 1.165) is 52.6 Å². The number of rotatable bonds is 5. The van der Waals surface area contributed by atoms with Gasteiger partial charge in [-0.3, -0.25) is 0 Å². The van der Waals surface area contributed by atoms with Crippen LogP contribution in [0.2, 0.25) is 0 Å². The Hall–Kier alpha value is -1.46. The number of halogens is 1. The second-order valence-electron chi connectivity index (χ2n) is 5.11. The highest BCUT2D eigenvalue weighted by atomic mass is 35.5. The Labute approximate surface area is 132 Å². The fraction of sp³-hybridized carbons (Fsp3) is 0.400. The molecular weight excluding hydrogens is 304 g/mol. The predicted octanol–water partition coefficient (Wildman–Crippen LogP) is 3.53. The third-order valence-corrected chi connectivity index (χ3v) is 4.55. The second-order valence-corrected chi connectivity index (χ2v) is 6.43. The molecular formula is C15H17ClN4S. The Morgan fingerprint density at radius 2 is 2.10 bits per heavy atom. The molecule has 3 aromatic heterocycles. The number of thiazole rings is 1. The summed E-state index contributed by atoms with van der Waals surface area (Å²) >= 11 is 7.61. The average molecular weight is 321 g/mol. The number of aromatic nitrogens is 4. The lowest BCUT2D eigenvalue weighted by Crippen LogP contribution is -2.07. The third kappa shape index (κ3) is 3.09. The van der Waals surface area contributed by atoms with E-state index < -0.39 is 0 Å². The van der Waals surface area contributed by atoms with E-state index in [1.165, 1.54) is 0 Å². The van der Waals surface area contributed by atoms with Gasteiger partial charge in [-0.05, 0) is 25.5 Å². The molecule has 0 atom stereocenters. The first-order valence-corrected chi connectivity index (χ1v) is 8.37. The molecule has 3 rings (SSSR count). The molecule has 21 heavy (non-hydrogen) atoms. The highest BCUT2D eigenvalue weighted by molar-refractivity contribution is 7.09. The van der Waals surface area contributed by atoms with Crippen molar-refractivity contribution in [3.63, 3.8) is 0 Å².